The highest BCUT2D eigenvalue weighted by atomic mass is 35.5. The van der Waals surface area contributed by atoms with Gasteiger partial charge in [-0.3, -0.25) is 10.8 Å². The van der Waals surface area contributed by atoms with Gasteiger partial charge in [-0.05, 0) is 29.8 Å². The number of para-hydroxylation sites is 1. The number of hydrogen-bond acceptors (Lipinski definition) is 4. The molecule has 0 aliphatic heterocycles. The Hall–Kier alpha value is -1.46. The van der Waals surface area contributed by atoms with E-state index in [1.165, 1.54) is 11.3 Å². The summed E-state index contributed by atoms with van der Waals surface area (Å²) in [4.78, 5) is 5.45. The molecule has 2 heterocycles. The molecule has 3 N–H and O–H groups in total. The van der Waals surface area contributed by atoms with Crippen molar-refractivity contribution in [2.24, 2.45) is 5.84 Å². The van der Waals surface area contributed by atoms with Gasteiger partial charge in [-0.1, -0.05) is 29.8 Å². The van der Waals surface area contributed by atoms with E-state index in [2.05, 4.69) is 16.5 Å². The van der Waals surface area contributed by atoms with E-state index in [-0.39, 0.29) is 6.04 Å². The van der Waals surface area contributed by atoms with Gasteiger partial charge in [0.25, 0.3) is 0 Å². The van der Waals surface area contributed by atoms with E-state index in [0.717, 1.165) is 25.7 Å². The van der Waals surface area contributed by atoms with Gasteiger partial charge in [0.05, 0.1) is 15.9 Å². The number of nitrogens with zero attached hydrogens (tertiary/aromatic N) is 1. The number of pyridine rings is 1. The summed E-state index contributed by atoms with van der Waals surface area (Å²) in [7, 11) is 0. The van der Waals surface area contributed by atoms with Gasteiger partial charge in [-0.15, -0.1) is 11.3 Å². The van der Waals surface area contributed by atoms with Gasteiger partial charge >= 0.3 is 0 Å². The number of hydrogen-bond donors (Lipinski definition) is 2. The minimum atomic E-state index is -0.0783. The van der Waals surface area contributed by atoms with Crippen LogP contribution in [0.1, 0.15) is 16.5 Å². The molecule has 19 heavy (non-hydrogen) atoms. The number of nitrogens with one attached hydrogen (secondary N) is 1. The average molecular weight is 290 g/mol. The first-order valence-electron chi connectivity index (χ1n) is 5.84. The van der Waals surface area contributed by atoms with Crippen LogP contribution < -0.4 is 11.3 Å². The Balaban J connectivity index is 2.16. The average Bonchev–Trinajstić information content (AvgIpc) is 2.86. The van der Waals surface area contributed by atoms with Gasteiger partial charge in [0.1, 0.15) is 0 Å². The van der Waals surface area contributed by atoms with Crippen LogP contribution in [0.3, 0.4) is 0 Å². The zero-order valence-corrected chi connectivity index (χ0v) is 11.6. The summed E-state index contributed by atoms with van der Waals surface area (Å²) in [6.45, 7) is 0. The molecular formula is C14H12ClN3S. The number of rotatable bonds is 3. The Morgan fingerprint density at radius 3 is 2.74 bits per heavy atom. The van der Waals surface area contributed by atoms with E-state index >= 15 is 0 Å². The molecule has 3 nitrogen and oxygen atoms in total. The molecule has 0 radical (unpaired) electrons. The van der Waals surface area contributed by atoms with Crippen LogP contribution in [0.5, 0.6) is 0 Å². The largest absolute Gasteiger partial charge is 0.271 e. The van der Waals surface area contributed by atoms with Crippen molar-refractivity contribution in [3.8, 4) is 0 Å². The van der Waals surface area contributed by atoms with E-state index in [9.17, 15) is 0 Å². The maximum Gasteiger partial charge on any atom is 0.0931 e. The van der Waals surface area contributed by atoms with Crippen LogP contribution in [0.15, 0.2) is 48.7 Å². The molecule has 1 unspecified atom stereocenters. The molecule has 0 saturated carbocycles. The quantitative estimate of drug-likeness (QED) is 0.573. The number of benzene rings is 1. The molecule has 0 fully saturated rings. The van der Waals surface area contributed by atoms with Gasteiger partial charge in [0.15, 0.2) is 0 Å². The van der Waals surface area contributed by atoms with Crippen LogP contribution in [0.25, 0.3) is 10.9 Å². The van der Waals surface area contributed by atoms with Crippen LogP contribution in [0, 0.1) is 0 Å². The number of halogens is 1. The van der Waals surface area contributed by atoms with Crippen molar-refractivity contribution in [2.45, 2.75) is 6.04 Å². The van der Waals surface area contributed by atoms with E-state index in [1.807, 2.05) is 36.4 Å². The highest BCUT2D eigenvalue weighted by Crippen LogP contribution is 2.33. The van der Waals surface area contributed by atoms with Gasteiger partial charge in [-0.25, -0.2) is 5.43 Å². The third kappa shape index (κ3) is 2.35. The fraction of sp³-hybridized carbons (Fsp3) is 0.0714. The third-order valence-electron chi connectivity index (χ3n) is 3.04. The minimum Gasteiger partial charge on any atom is -0.271 e. The van der Waals surface area contributed by atoms with Crippen molar-refractivity contribution in [1.29, 1.82) is 0 Å². The zero-order chi connectivity index (χ0) is 13.2. The van der Waals surface area contributed by atoms with Crippen molar-refractivity contribution >= 4 is 33.8 Å². The summed E-state index contributed by atoms with van der Waals surface area (Å²) >= 11 is 7.53. The zero-order valence-electron chi connectivity index (χ0n) is 10.0. The molecule has 0 aliphatic rings. The molecule has 0 aliphatic carbocycles. The summed E-state index contributed by atoms with van der Waals surface area (Å²) in [5.41, 5.74) is 4.93. The Morgan fingerprint density at radius 2 is 2.00 bits per heavy atom. The smallest absolute Gasteiger partial charge is 0.0931 e. The molecular weight excluding hydrogens is 278 g/mol. The summed E-state index contributed by atoms with van der Waals surface area (Å²) in [5, 5.41) is 1.09. The first kappa shape index (κ1) is 12.6. The van der Waals surface area contributed by atoms with Crippen molar-refractivity contribution in [2.75, 3.05) is 0 Å². The first-order valence-corrected chi connectivity index (χ1v) is 7.04. The second-order valence-corrected chi connectivity index (χ2v) is 5.91. The molecule has 1 aromatic carbocycles. The molecule has 0 bridgehead atoms. The van der Waals surface area contributed by atoms with Gasteiger partial charge < -0.3 is 0 Å². The number of nitrogens with two attached hydrogens (primary N) is 1. The molecule has 0 amide bonds. The molecule has 0 spiro atoms. The summed E-state index contributed by atoms with van der Waals surface area (Å²) < 4.78 is 0.758. The summed E-state index contributed by atoms with van der Waals surface area (Å²) in [6.07, 6.45) is 1.80. The third-order valence-corrected chi connectivity index (χ3v) is 4.33. The second kappa shape index (κ2) is 5.27. The molecule has 5 heteroatoms. The number of hydrazine groups is 1. The van der Waals surface area contributed by atoms with Crippen LogP contribution in [0.2, 0.25) is 4.34 Å². The fourth-order valence-corrected chi connectivity index (χ4v) is 3.32. The highest BCUT2D eigenvalue weighted by Gasteiger charge is 2.17. The molecule has 3 aromatic rings. The van der Waals surface area contributed by atoms with E-state index in [1.54, 1.807) is 6.20 Å². The monoisotopic (exact) mass is 289 g/mol. The first-order chi connectivity index (χ1) is 9.29. The van der Waals surface area contributed by atoms with E-state index in [4.69, 9.17) is 17.4 Å². The Labute approximate surface area is 120 Å². The fourth-order valence-electron chi connectivity index (χ4n) is 2.18. The second-order valence-electron chi connectivity index (χ2n) is 4.16. The topological polar surface area (TPSA) is 50.9 Å². The van der Waals surface area contributed by atoms with Crippen molar-refractivity contribution < 1.29 is 0 Å². The lowest BCUT2D eigenvalue weighted by atomic mass is 10.0. The van der Waals surface area contributed by atoms with Crippen LogP contribution in [0.4, 0.5) is 0 Å². The molecule has 1 atom stereocenters. The highest BCUT2D eigenvalue weighted by molar-refractivity contribution is 7.16. The number of thiophene rings is 1. The van der Waals surface area contributed by atoms with Crippen molar-refractivity contribution in [3.63, 3.8) is 0 Å². The van der Waals surface area contributed by atoms with E-state index < -0.39 is 0 Å². The standard InChI is InChI=1S/C14H12ClN3S/c15-13-6-5-12(19-13)14(18-16)10-7-8-17-11-4-2-1-3-9(10)11/h1-8,14,18H,16H2. The maximum atomic E-state index is 6.00. The molecule has 96 valence electrons. The van der Waals surface area contributed by atoms with Crippen LogP contribution in [-0.4, -0.2) is 4.98 Å². The lowest BCUT2D eigenvalue weighted by Crippen LogP contribution is -2.28. The lowest BCUT2D eigenvalue weighted by molar-refractivity contribution is 0.650. The molecule has 2 aromatic heterocycles. The maximum absolute atomic E-state index is 6.00. The van der Waals surface area contributed by atoms with Crippen molar-refractivity contribution in [3.05, 3.63) is 63.4 Å². The lowest BCUT2D eigenvalue weighted by Gasteiger charge is -2.16. The molecule has 0 saturated heterocycles. The summed E-state index contributed by atoms with van der Waals surface area (Å²) in [5.74, 6) is 5.73. The predicted octanol–water partition coefficient (Wildman–Crippen LogP) is 3.50. The van der Waals surface area contributed by atoms with E-state index in [0.29, 0.717) is 0 Å². The van der Waals surface area contributed by atoms with Gasteiger partial charge in [0.2, 0.25) is 0 Å². The number of fused-ring (bicyclic) bond motifs is 1. The van der Waals surface area contributed by atoms with Crippen LogP contribution in [-0.2, 0) is 0 Å². The normalized spacial score (nSPS) is 12.7. The Morgan fingerprint density at radius 1 is 1.16 bits per heavy atom. The van der Waals surface area contributed by atoms with Gasteiger partial charge in [0, 0.05) is 16.5 Å². The van der Waals surface area contributed by atoms with Gasteiger partial charge in [-0.2, -0.15) is 0 Å². The Kier molecular flexibility index (Phi) is 3.48. The number of aromatic nitrogens is 1. The predicted molar refractivity (Wildman–Crippen MR) is 80.2 cm³/mol. The minimum absolute atomic E-state index is 0.0783. The van der Waals surface area contributed by atoms with Crippen LogP contribution >= 0.6 is 22.9 Å². The molecule has 3 rings (SSSR count). The SMILES string of the molecule is NNC(c1ccc(Cl)s1)c1ccnc2ccccc12. The van der Waals surface area contributed by atoms with Crippen molar-refractivity contribution in [1.82, 2.24) is 10.4 Å². The Bertz CT molecular complexity index is 705. The summed E-state index contributed by atoms with van der Waals surface area (Å²) in [6, 6.07) is 13.8.